The summed E-state index contributed by atoms with van der Waals surface area (Å²) in [6.07, 6.45) is 3.17. The lowest BCUT2D eigenvalue weighted by Gasteiger charge is -2.24. The van der Waals surface area contributed by atoms with Crippen molar-refractivity contribution in [3.05, 3.63) is 47.1 Å². The number of hydrogen-bond acceptors (Lipinski definition) is 5. The van der Waals surface area contributed by atoms with Crippen LogP contribution >= 0.6 is 0 Å². The van der Waals surface area contributed by atoms with Gasteiger partial charge in [0.25, 0.3) is 0 Å². The number of nitrogens with zero attached hydrogens (tertiary/aromatic N) is 2. The smallest absolute Gasteiger partial charge is 0.226 e. The van der Waals surface area contributed by atoms with Crippen LogP contribution < -0.4 is 0 Å². The molecule has 1 aromatic heterocycles. The van der Waals surface area contributed by atoms with Crippen LogP contribution in [0.1, 0.15) is 54.8 Å². The highest BCUT2D eigenvalue weighted by molar-refractivity contribution is 7.90. The molecule has 1 aliphatic carbocycles. The maximum absolute atomic E-state index is 12.8. The number of benzene rings is 1. The molecule has 6 heteroatoms. The van der Waals surface area contributed by atoms with Gasteiger partial charge >= 0.3 is 0 Å². The molecule has 0 bridgehead atoms. The van der Waals surface area contributed by atoms with Gasteiger partial charge in [-0.3, -0.25) is 0 Å². The molecule has 1 atom stereocenters. The number of sulfone groups is 1. The largest absolute Gasteiger partial charge is 0.339 e. The topological polar surface area (TPSA) is 73.1 Å². The summed E-state index contributed by atoms with van der Waals surface area (Å²) in [4.78, 5) is 4.23. The number of aryl methyl sites for hydroxylation is 1. The van der Waals surface area contributed by atoms with Crippen molar-refractivity contribution < 1.29 is 12.9 Å². The minimum atomic E-state index is -3.35. The van der Waals surface area contributed by atoms with Gasteiger partial charge < -0.3 is 4.52 Å². The SMILES string of the molecule is CC(C)Cc1nc(CS(=O)(=O)[C@@H]2CCCc3ccccc32)no1. The van der Waals surface area contributed by atoms with Crippen LogP contribution in [-0.4, -0.2) is 18.6 Å². The third kappa shape index (κ3) is 3.63. The first-order valence-electron chi connectivity index (χ1n) is 8.06. The maximum atomic E-state index is 12.8. The van der Waals surface area contributed by atoms with Gasteiger partial charge in [0.1, 0.15) is 5.75 Å². The van der Waals surface area contributed by atoms with Gasteiger partial charge in [0.05, 0.1) is 5.25 Å². The molecule has 0 spiro atoms. The molecule has 0 saturated carbocycles. The van der Waals surface area contributed by atoms with Crippen LogP contribution in [0.5, 0.6) is 0 Å². The van der Waals surface area contributed by atoms with Crippen LogP contribution in [0.4, 0.5) is 0 Å². The Hall–Kier alpha value is -1.69. The minimum absolute atomic E-state index is 0.159. The van der Waals surface area contributed by atoms with Gasteiger partial charge in [-0.1, -0.05) is 43.3 Å². The van der Waals surface area contributed by atoms with E-state index in [1.54, 1.807) is 0 Å². The Labute approximate surface area is 137 Å². The van der Waals surface area contributed by atoms with Crippen molar-refractivity contribution >= 4 is 9.84 Å². The molecule has 0 fully saturated rings. The van der Waals surface area contributed by atoms with E-state index in [1.165, 1.54) is 0 Å². The van der Waals surface area contributed by atoms with E-state index in [0.717, 1.165) is 24.0 Å². The van der Waals surface area contributed by atoms with Crippen molar-refractivity contribution in [2.75, 3.05) is 0 Å². The van der Waals surface area contributed by atoms with Gasteiger partial charge in [0.2, 0.25) is 5.89 Å². The van der Waals surface area contributed by atoms with Crippen molar-refractivity contribution in [3.63, 3.8) is 0 Å². The highest BCUT2D eigenvalue weighted by Crippen LogP contribution is 2.36. The molecule has 124 valence electrons. The molecule has 0 amide bonds. The summed E-state index contributed by atoms with van der Waals surface area (Å²) in [6.45, 7) is 4.11. The monoisotopic (exact) mass is 334 g/mol. The fourth-order valence-corrected chi connectivity index (χ4v) is 4.96. The second-order valence-corrected chi connectivity index (χ2v) is 8.77. The third-order valence-electron chi connectivity index (χ3n) is 4.17. The Morgan fingerprint density at radius 2 is 2.09 bits per heavy atom. The first kappa shape index (κ1) is 16.2. The molecule has 0 unspecified atom stereocenters. The van der Waals surface area contributed by atoms with E-state index in [0.29, 0.717) is 24.7 Å². The van der Waals surface area contributed by atoms with Crippen molar-refractivity contribution in [2.24, 2.45) is 5.92 Å². The van der Waals surface area contributed by atoms with Crippen LogP contribution in [0.15, 0.2) is 28.8 Å². The van der Waals surface area contributed by atoms with E-state index in [-0.39, 0.29) is 11.6 Å². The summed E-state index contributed by atoms with van der Waals surface area (Å²) in [7, 11) is -3.35. The summed E-state index contributed by atoms with van der Waals surface area (Å²) in [6, 6.07) is 7.82. The molecule has 23 heavy (non-hydrogen) atoms. The summed E-state index contributed by atoms with van der Waals surface area (Å²) in [5, 5.41) is 3.38. The van der Waals surface area contributed by atoms with E-state index in [1.807, 2.05) is 24.3 Å². The zero-order valence-electron chi connectivity index (χ0n) is 13.5. The van der Waals surface area contributed by atoms with Gasteiger partial charge in [0.15, 0.2) is 15.7 Å². The molecule has 0 radical (unpaired) electrons. The number of hydrogen-bond donors (Lipinski definition) is 0. The van der Waals surface area contributed by atoms with E-state index in [2.05, 4.69) is 24.0 Å². The van der Waals surface area contributed by atoms with Gasteiger partial charge in [-0.15, -0.1) is 0 Å². The normalized spacial score (nSPS) is 18.1. The zero-order valence-corrected chi connectivity index (χ0v) is 14.3. The Bertz CT molecular complexity index is 781. The number of aromatic nitrogens is 2. The average Bonchev–Trinajstić information content (AvgIpc) is 2.92. The Balaban J connectivity index is 1.81. The van der Waals surface area contributed by atoms with Crippen molar-refractivity contribution in [3.8, 4) is 0 Å². The van der Waals surface area contributed by atoms with Crippen LogP contribution in [-0.2, 0) is 28.4 Å². The quantitative estimate of drug-likeness (QED) is 0.839. The predicted octanol–water partition coefficient (Wildman–Crippen LogP) is 3.26. The lowest BCUT2D eigenvalue weighted by Crippen LogP contribution is -2.21. The average molecular weight is 334 g/mol. The van der Waals surface area contributed by atoms with Gasteiger partial charge in [-0.2, -0.15) is 4.98 Å². The lowest BCUT2D eigenvalue weighted by atomic mass is 9.91. The van der Waals surface area contributed by atoms with Gasteiger partial charge in [0, 0.05) is 6.42 Å². The second-order valence-electron chi connectivity index (χ2n) is 6.59. The summed E-state index contributed by atoms with van der Waals surface area (Å²) in [5.74, 6) is 1.01. The van der Waals surface area contributed by atoms with E-state index >= 15 is 0 Å². The molecular formula is C17H22N2O3S. The van der Waals surface area contributed by atoms with Crippen LogP contribution in [0.3, 0.4) is 0 Å². The van der Waals surface area contributed by atoms with Crippen LogP contribution in [0.25, 0.3) is 0 Å². The summed E-state index contributed by atoms with van der Waals surface area (Å²) >= 11 is 0. The van der Waals surface area contributed by atoms with Crippen molar-refractivity contribution in [1.82, 2.24) is 10.1 Å². The van der Waals surface area contributed by atoms with Crippen LogP contribution in [0.2, 0.25) is 0 Å². The Morgan fingerprint density at radius 3 is 2.87 bits per heavy atom. The Morgan fingerprint density at radius 1 is 1.30 bits per heavy atom. The van der Waals surface area contributed by atoms with E-state index < -0.39 is 15.1 Å². The first-order chi connectivity index (χ1) is 11.0. The molecule has 1 aromatic carbocycles. The van der Waals surface area contributed by atoms with Gasteiger partial charge in [-0.05, 0) is 36.3 Å². The maximum Gasteiger partial charge on any atom is 0.226 e. The predicted molar refractivity (Wildman–Crippen MR) is 87.6 cm³/mol. The molecule has 3 rings (SSSR count). The molecule has 0 N–H and O–H groups in total. The number of rotatable bonds is 5. The minimum Gasteiger partial charge on any atom is -0.339 e. The standard InChI is InChI=1S/C17H22N2O3S/c1-12(2)10-17-18-16(19-22-17)11-23(20,21)15-9-5-7-13-6-3-4-8-14(13)15/h3-4,6,8,12,15H,5,7,9-11H2,1-2H3/t15-/m1/s1. The molecule has 2 aromatic rings. The molecule has 1 heterocycles. The molecule has 1 aliphatic rings. The summed E-state index contributed by atoms with van der Waals surface area (Å²) in [5.41, 5.74) is 2.07. The molecule has 0 aliphatic heterocycles. The first-order valence-corrected chi connectivity index (χ1v) is 9.78. The van der Waals surface area contributed by atoms with Gasteiger partial charge in [-0.25, -0.2) is 8.42 Å². The highest BCUT2D eigenvalue weighted by atomic mass is 32.2. The van der Waals surface area contributed by atoms with Crippen molar-refractivity contribution in [1.29, 1.82) is 0 Å². The van der Waals surface area contributed by atoms with Crippen molar-refractivity contribution in [2.45, 2.75) is 50.5 Å². The molecule has 5 nitrogen and oxygen atoms in total. The fourth-order valence-electron chi connectivity index (χ4n) is 3.14. The van der Waals surface area contributed by atoms with E-state index in [9.17, 15) is 8.42 Å². The third-order valence-corrected chi connectivity index (χ3v) is 6.19. The molecular weight excluding hydrogens is 312 g/mol. The molecule has 0 saturated heterocycles. The Kier molecular flexibility index (Phi) is 4.53. The fraction of sp³-hybridized carbons (Fsp3) is 0.529. The highest BCUT2D eigenvalue weighted by Gasteiger charge is 2.32. The zero-order chi connectivity index (χ0) is 16.4. The van der Waals surface area contributed by atoms with E-state index in [4.69, 9.17) is 4.52 Å². The lowest BCUT2D eigenvalue weighted by molar-refractivity contribution is 0.359. The second kappa shape index (κ2) is 6.43. The number of fused-ring (bicyclic) bond motifs is 1. The summed E-state index contributed by atoms with van der Waals surface area (Å²) < 4.78 is 30.8. The van der Waals surface area contributed by atoms with Crippen LogP contribution in [0, 0.1) is 5.92 Å².